The lowest BCUT2D eigenvalue weighted by Crippen LogP contribution is -2.72. The van der Waals surface area contributed by atoms with E-state index >= 15 is 0 Å². The Morgan fingerprint density at radius 1 is 1.37 bits per heavy atom. The van der Waals surface area contributed by atoms with Gasteiger partial charge in [-0.1, -0.05) is 6.92 Å². The van der Waals surface area contributed by atoms with Gasteiger partial charge in [-0.2, -0.15) is 0 Å². The van der Waals surface area contributed by atoms with Crippen LogP contribution >= 0.6 is 11.3 Å². The first-order chi connectivity index (χ1) is 8.81. The zero-order chi connectivity index (χ0) is 14.3. The van der Waals surface area contributed by atoms with Gasteiger partial charge in [0, 0.05) is 11.6 Å². The molecule has 0 saturated carbocycles. The smallest absolute Gasteiger partial charge is 0.249 e. The molecule has 1 fully saturated rings. The van der Waals surface area contributed by atoms with Crippen LogP contribution in [-0.2, 0) is 16.1 Å². The third-order valence-corrected chi connectivity index (χ3v) is 4.52. The summed E-state index contributed by atoms with van der Waals surface area (Å²) < 4.78 is 0. The molecular formula is C13H19N3O2S. The van der Waals surface area contributed by atoms with Crippen LogP contribution < -0.4 is 5.32 Å². The number of rotatable bonds is 3. The van der Waals surface area contributed by atoms with Crippen molar-refractivity contribution in [3.63, 3.8) is 0 Å². The van der Waals surface area contributed by atoms with Crippen LogP contribution in [0.25, 0.3) is 0 Å². The highest BCUT2D eigenvalue weighted by atomic mass is 32.1. The van der Waals surface area contributed by atoms with Crippen molar-refractivity contribution in [3.05, 3.63) is 16.6 Å². The van der Waals surface area contributed by atoms with Gasteiger partial charge in [-0.15, -0.1) is 11.3 Å². The van der Waals surface area contributed by atoms with Crippen molar-refractivity contribution in [1.82, 2.24) is 15.2 Å². The van der Waals surface area contributed by atoms with Gasteiger partial charge in [-0.3, -0.25) is 9.59 Å². The fraction of sp³-hybridized carbons (Fsp3) is 0.615. The Morgan fingerprint density at radius 3 is 2.58 bits per heavy atom. The van der Waals surface area contributed by atoms with Crippen molar-refractivity contribution in [3.8, 4) is 0 Å². The second-order valence-electron chi connectivity index (χ2n) is 5.52. The van der Waals surface area contributed by atoms with Gasteiger partial charge in [0.15, 0.2) is 0 Å². The molecule has 1 saturated heterocycles. The second-order valence-corrected chi connectivity index (χ2v) is 6.50. The highest BCUT2D eigenvalue weighted by molar-refractivity contribution is 7.09. The van der Waals surface area contributed by atoms with E-state index in [1.54, 1.807) is 24.9 Å². The Morgan fingerprint density at radius 2 is 2.05 bits per heavy atom. The molecule has 1 aromatic rings. The van der Waals surface area contributed by atoms with Crippen molar-refractivity contribution < 1.29 is 9.59 Å². The average Bonchev–Trinajstić information content (AvgIpc) is 2.85. The largest absolute Gasteiger partial charge is 0.340 e. The molecule has 1 aliphatic rings. The molecule has 19 heavy (non-hydrogen) atoms. The van der Waals surface area contributed by atoms with Crippen molar-refractivity contribution >= 4 is 23.2 Å². The monoisotopic (exact) mass is 281 g/mol. The molecule has 5 nitrogen and oxygen atoms in total. The second kappa shape index (κ2) is 4.59. The van der Waals surface area contributed by atoms with Gasteiger partial charge in [-0.25, -0.2) is 4.98 Å². The van der Waals surface area contributed by atoms with Crippen molar-refractivity contribution in [2.75, 3.05) is 0 Å². The molecular weight excluding hydrogens is 262 g/mol. The number of carbonyl (C=O) groups is 2. The summed E-state index contributed by atoms with van der Waals surface area (Å²) in [4.78, 5) is 30.8. The lowest BCUT2D eigenvalue weighted by molar-refractivity contribution is -0.161. The maximum absolute atomic E-state index is 12.6. The summed E-state index contributed by atoms with van der Waals surface area (Å²) in [5.41, 5.74) is -1.67. The summed E-state index contributed by atoms with van der Waals surface area (Å²) >= 11 is 1.49. The Kier molecular flexibility index (Phi) is 3.38. The molecule has 0 spiro atoms. The van der Waals surface area contributed by atoms with E-state index in [2.05, 4.69) is 10.3 Å². The van der Waals surface area contributed by atoms with Crippen LogP contribution in [0.3, 0.4) is 0 Å². The van der Waals surface area contributed by atoms with E-state index in [0.29, 0.717) is 13.0 Å². The van der Waals surface area contributed by atoms with Crippen LogP contribution in [0.15, 0.2) is 11.6 Å². The zero-order valence-electron chi connectivity index (χ0n) is 11.7. The van der Waals surface area contributed by atoms with Gasteiger partial charge in [0.2, 0.25) is 11.8 Å². The van der Waals surface area contributed by atoms with Gasteiger partial charge in [0.1, 0.15) is 16.1 Å². The lowest BCUT2D eigenvalue weighted by atomic mass is 9.86. The van der Waals surface area contributed by atoms with E-state index in [-0.39, 0.29) is 11.8 Å². The molecule has 2 rings (SSSR count). The standard InChI is InChI=1S/C13H19N3O2S/c1-5-13(4)10(17)15-12(2,3)11(18)16(13)8-9-14-6-7-19-9/h6-7H,5,8H2,1-4H3,(H,15,17). The predicted octanol–water partition coefficient (Wildman–Crippen LogP) is 1.55. The minimum atomic E-state index is -0.858. The molecule has 1 aliphatic heterocycles. The van der Waals surface area contributed by atoms with Crippen LogP contribution in [0.1, 0.15) is 39.1 Å². The summed E-state index contributed by atoms with van der Waals surface area (Å²) in [5, 5.41) is 5.53. The molecule has 0 aliphatic carbocycles. The Balaban J connectivity index is 2.38. The Hall–Kier alpha value is -1.43. The third kappa shape index (κ3) is 2.25. The number of piperazine rings is 1. The van der Waals surface area contributed by atoms with Gasteiger partial charge in [-0.05, 0) is 27.2 Å². The molecule has 0 aromatic carbocycles. The summed E-state index contributed by atoms with van der Waals surface area (Å²) in [5.74, 6) is -0.164. The quantitative estimate of drug-likeness (QED) is 0.914. The molecule has 2 heterocycles. The minimum Gasteiger partial charge on any atom is -0.340 e. The van der Waals surface area contributed by atoms with Gasteiger partial charge in [0.05, 0.1) is 6.54 Å². The highest BCUT2D eigenvalue weighted by Gasteiger charge is 2.51. The SMILES string of the molecule is CCC1(C)C(=O)NC(C)(C)C(=O)N1Cc1nccs1. The van der Waals surface area contributed by atoms with Crippen LogP contribution in [0, 0.1) is 0 Å². The predicted molar refractivity (Wildman–Crippen MR) is 73.6 cm³/mol. The van der Waals surface area contributed by atoms with Crippen molar-refractivity contribution in [2.45, 2.75) is 51.7 Å². The fourth-order valence-electron chi connectivity index (χ4n) is 2.22. The molecule has 1 unspecified atom stereocenters. The first-order valence-corrected chi connectivity index (χ1v) is 7.22. The Labute approximate surface area is 117 Å². The summed E-state index contributed by atoms with van der Waals surface area (Å²) in [6.45, 7) is 7.58. The molecule has 1 atom stereocenters. The normalized spacial score (nSPS) is 26.4. The molecule has 1 aromatic heterocycles. The molecule has 0 bridgehead atoms. The van der Waals surface area contributed by atoms with Crippen LogP contribution in [0.4, 0.5) is 0 Å². The summed E-state index contributed by atoms with van der Waals surface area (Å²) in [6.07, 6.45) is 2.29. The van der Waals surface area contributed by atoms with Crippen molar-refractivity contribution in [2.24, 2.45) is 0 Å². The molecule has 6 heteroatoms. The average molecular weight is 281 g/mol. The third-order valence-electron chi connectivity index (χ3n) is 3.76. The van der Waals surface area contributed by atoms with E-state index in [1.165, 1.54) is 11.3 Å². The molecule has 1 N–H and O–H groups in total. The zero-order valence-corrected chi connectivity index (χ0v) is 12.5. The Bertz CT molecular complexity index is 498. The van der Waals surface area contributed by atoms with Crippen LogP contribution in [0.2, 0.25) is 0 Å². The number of hydrogen-bond acceptors (Lipinski definition) is 4. The minimum absolute atomic E-state index is 0.0633. The number of amides is 2. The first kappa shape index (κ1) is 14.0. The maximum Gasteiger partial charge on any atom is 0.249 e. The van der Waals surface area contributed by atoms with Gasteiger partial charge < -0.3 is 10.2 Å². The maximum atomic E-state index is 12.6. The fourth-order valence-corrected chi connectivity index (χ4v) is 2.82. The summed E-state index contributed by atoms with van der Waals surface area (Å²) in [6, 6.07) is 0. The molecule has 104 valence electrons. The number of nitrogens with zero attached hydrogens (tertiary/aromatic N) is 2. The topological polar surface area (TPSA) is 62.3 Å². The molecule has 2 amide bonds. The first-order valence-electron chi connectivity index (χ1n) is 6.34. The lowest BCUT2D eigenvalue weighted by Gasteiger charge is -2.48. The van der Waals surface area contributed by atoms with Crippen LogP contribution in [0.5, 0.6) is 0 Å². The van der Waals surface area contributed by atoms with E-state index < -0.39 is 11.1 Å². The van der Waals surface area contributed by atoms with Crippen molar-refractivity contribution in [1.29, 1.82) is 0 Å². The number of hydrogen-bond donors (Lipinski definition) is 1. The van der Waals surface area contributed by atoms with Crippen LogP contribution in [-0.4, -0.2) is 32.8 Å². The highest BCUT2D eigenvalue weighted by Crippen LogP contribution is 2.30. The molecule has 0 radical (unpaired) electrons. The number of thiazole rings is 1. The van der Waals surface area contributed by atoms with Gasteiger partial charge >= 0.3 is 0 Å². The number of nitrogens with one attached hydrogen (secondary N) is 1. The van der Waals surface area contributed by atoms with E-state index in [9.17, 15) is 9.59 Å². The van der Waals surface area contributed by atoms with E-state index in [0.717, 1.165) is 5.01 Å². The van der Waals surface area contributed by atoms with E-state index in [4.69, 9.17) is 0 Å². The number of carbonyl (C=O) groups excluding carboxylic acids is 2. The summed E-state index contributed by atoms with van der Waals surface area (Å²) in [7, 11) is 0. The van der Waals surface area contributed by atoms with E-state index in [1.807, 2.05) is 19.2 Å². The van der Waals surface area contributed by atoms with Gasteiger partial charge in [0.25, 0.3) is 0 Å². The number of aromatic nitrogens is 1.